The largest absolute Gasteiger partial charge is 0.369 e. The summed E-state index contributed by atoms with van der Waals surface area (Å²) in [6.07, 6.45) is 0. The quantitative estimate of drug-likeness (QED) is 0.875. The molecule has 0 saturated heterocycles. The van der Waals surface area contributed by atoms with Gasteiger partial charge in [-0.2, -0.15) is 0 Å². The van der Waals surface area contributed by atoms with Gasteiger partial charge in [0.15, 0.2) is 0 Å². The molecule has 0 saturated carbocycles. The van der Waals surface area contributed by atoms with Crippen LogP contribution in [0.3, 0.4) is 0 Å². The highest BCUT2D eigenvalue weighted by molar-refractivity contribution is 5.85. The maximum Gasteiger partial charge on any atom is 0.244 e. The molecule has 5 nitrogen and oxygen atoms in total. The second-order valence-electron chi connectivity index (χ2n) is 4.74. The van der Waals surface area contributed by atoms with Gasteiger partial charge in [-0.1, -0.05) is 6.07 Å². The highest BCUT2D eigenvalue weighted by Gasteiger charge is 2.21. The number of nitrogen functional groups attached to an aromatic ring is 1. The molecule has 5 heteroatoms. The average Bonchev–Trinajstić information content (AvgIpc) is 2.62. The summed E-state index contributed by atoms with van der Waals surface area (Å²) in [7, 11) is 3.47. The van der Waals surface area contributed by atoms with Crippen molar-refractivity contribution in [3.05, 3.63) is 23.8 Å². The first kappa shape index (κ1) is 12.4. The van der Waals surface area contributed by atoms with Crippen molar-refractivity contribution in [2.24, 2.45) is 0 Å². The number of imidazole rings is 1. The number of anilines is 1. The third-order valence-electron chi connectivity index (χ3n) is 3.06. The SMILES string of the molecule is Cc1ccc2nc(N)n(C(C)C(=O)N(C)C)c2c1. The standard InChI is InChI=1S/C13H18N4O/c1-8-5-6-10-11(7-8)17(13(14)15-10)9(2)12(18)16(3)4/h5-7,9H,1-4H3,(H2,14,15). The third-order valence-corrected chi connectivity index (χ3v) is 3.06. The Kier molecular flexibility index (Phi) is 2.98. The van der Waals surface area contributed by atoms with Crippen molar-refractivity contribution in [1.82, 2.24) is 14.5 Å². The maximum absolute atomic E-state index is 12.0. The van der Waals surface area contributed by atoms with Crippen molar-refractivity contribution in [2.45, 2.75) is 19.9 Å². The van der Waals surface area contributed by atoms with E-state index in [1.54, 1.807) is 23.6 Å². The van der Waals surface area contributed by atoms with Crippen LogP contribution in [0.25, 0.3) is 11.0 Å². The number of hydrogen-bond acceptors (Lipinski definition) is 3. The van der Waals surface area contributed by atoms with Gasteiger partial charge in [-0.25, -0.2) is 4.98 Å². The first-order valence-corrected chi connectivity index (χ1v) is 5.87. The topological polar surface area (TPSA) is 64.1 Å². The molecule has 0 aliphatic carbocycles. The maximum atomic E-state index is 12.0. The molecular formula is C13H18N4O. The molecule has 2 aromatic rings. The van der Waals surface area contributed by atoms with Crippen molar-refractivity contribution in [3.63, 3.8) is 0 Å². The summed E-state index contributed by atoms with van der Waals surface area (Å²) >= 11 is 0. The molecule has 1 heterocycles. The summed E-state index contributed by atoms with van der Waals surface area (Å²) in [4.78, 5) is 17.9. The molecule has 0 fully saturated rings. The van der Waals surface area contributed by atoms with Crippen molar-refractivity contribution < 1.29 is 4.79 Å². The van der Waals surface area contributed by atoms with Gasteiger partial charge in [0.25, 0.3) is 0 Å². The molecule has 0 bridgehead atoms. The predicted octanol–water partition coefficient (Wildman–Crippen LogP) is 1.58. The van der Waals surface area contributed by atoms with E-state index in [0.717, 1.165) is 16.6 Å². The lowest BCUT2D eigenvalue weighted by Crippen LogP contribution is -2.30. The highest BCUT2D eigenvalue weighted by atomic mass is 16.2. The molecule has 2 rings (SSSR count). The van der Waals surface area contributed by atoms with E-state index < -0.39 is 0 Å². The molecule has 1 aromatic heterocycles. The van der Waals surface area contributed by atoms with Crippen molar-refractivity contribution in [2.75, 3.05) is 19.8 Å². The Morgan fingerprint density at radius 3 is 2.72 bits per heavy atom. The minimum atomic E-state index is -0.355. The van der Waals surface area contributed by atoms with Gasteiger partial charge in [-0.3, -0.25) is 9.36 Å². The van der Waals surface area contributed by atoms with E-state index in [-0.39, 0.29) is 11.9 Å². The van der Waals surface area contributed by atoms with E-state index in [2.05, 4.69) is 4.98 Å². The van der Waals surface area contributed by atoms with Crippen LogP contribution in [0, 0.1) is 6.92 Å². The number of carbonyl (C=O) groups excluding carboxylic acids is 1. The van der Waals surface area contributed by atoms with Crippen LogP contribution >= 0.6 is 0 Å². The molecule has 1 aromatic carbocycles. The first-order chi connectivity index (χ1) is 8.41. The van der Waals surface area contributed by atoms with Crippen LogP contribution in [0.5, 0.6) is 0 Å². The molecule has 2 N–H and O–H groups in total. The molecule has 0 aliphatic heterocycles. The zero-order chi connectivity index (χ0) is 13.4. The Hall–Kier alpha value is -2.04. The summed E-state index contributed by atoms with van der Waals surface area (Å²) in [6.45, 7) is 3.84. The summed E-state index contributed by atoms with van der Waals surface area (Å²) in [5.74, 6) is 0.376. The number of carbonyl (C=O) groups is 1. The fraction of sp³-hybridized carbons (Fsp3) is 0.385. The molecule has 0 radical (unpaired) electrons. The van der Waals surface area contributed by atoms with Crippen LogP contribution in [0.15, 0.2) is 18.2 Å². The summed E-state index contributed by atoms with van der Waals surface area (Å²) in [6, 6.07) is 5.55. The van der Waals surface area contributed by atoms with Crippen molar-refractivity contribution in [3.8, 4) is 0 Å². The van der Waals surface area contributed by atoms with Crippen LogP contribution in [-0.2, 0) is 4.79 Å². The molecule has 1 amide bonds. The predicted molar refractivity (Wildman–Crippen MR) is 72.3 cm³/mol. The van der Waals surface area contributed by atoms with Crippen molar-refractivity contribution in [1.29, 1.82) is 0 Å². The van der Waals surface area contributed by atoms with Crippen LogP contribution in [0.1, 0.15) is 18.5 Å². The van der Waals surface area contributed by atoms with Gasteiger partial charge in [0.1, 0.15) is 6.04 Å². The Labute approximate surface area is 106 Å². The minimum absolute atomic E-state index is 0.00232. The molecule has 18 heavy (non-hydrogen) atoms. The highest BCUT2D eigenvalue weighted by Crippen LogP contribution is 2.24. The Morgan fingerprint density at radius 2 is 2.11 bits per heavy atom. The van der Waals surface area contributed by atoms with Gasteiger partial charge in [0.2, 0.25) is 11.9 Å². The van der Waals surface area contributed by atoms with E-state index >= 15 is 0 Å². The van der Waals surface area contributed by atoms with Gasteiger partial charge < -0.3 is 10.6 Å². The Morgan fingerprint density at radius 1 is 1.44 bits per heavy atom. The van der Waals surface area contributed by atoms with Crippen molar-refractivity contribution >= 4 is 22.9 Å². The second-order valence-corrected chi connectivity index (χ2v) is 4.74. The van der Waals surface area contributed by atoms with E-state index in [9.17, 15) is 4.79 Å². The number of benzene rings is 1. The molecule has 96 valence electrons. The van der Waals surface area contributed by atoms with Crippen LogP contribution in [-0.4, -0.2) is 34.5 Å². The van der Waals surface area contributed by atoms with Gasteiger partial charge in [0, 0.05) is 14.1 Å². The van der Waals surface area contributed by atoms with Crippen LogP contribution < -0.4 is 5.73 Å². The normalized spacial score (nSPS) is 12.7. The lowest BCUT2D eigenvalue weighted by molar-refractivity contribution is -0.131. The number of amides is 1. The zero-order valence-corrected chi connectivity index (χ0v) is 11.1. The average molecular weight is 246 g/mol. The van der Waals surface area contributed by atoms with Gasteiger partial charge in [-0.05, 0) is 31.5 Å². The lowest BCUT2D eigenvalue weighted by Gasteiger charge is -2.19. The minimum Gasteiger partial charge on any atom is -0.369 e. The van der Waals surface area contributed by atoms with Crippen LogP contribution in [0.4, 0.5) is 5.95 Å². The second kappa shape index (κ2) is 4.33. The number of aromatic nitrogens is 2. The lowest BCUT2D eigenvalue weighted by atomic mass is 10.2. The van der Waals surface area contributed by atoms with E-state index in [1.165, 1.54) is 0 Å². The number of rotatable bonds is 2. The third kappa shape index (κ3) is 1.92. The Bertz CT molecular complexity index is 600. The summed E-state index contributed by atoms with van der Waals surface area (Å²) < 4.78 is 1.78. The van der Waals surface area contributed by atoms with E-state index in [0.29, 0.717) is 5.95 Å². The first-order valence-electron chi connectivity index (χ1n) is 5.87. The number of hydrogen-bond donors (Lipinski definition) is 1. The number of aryl methyl sites for hydroxylation is 1. The van der Waals surface area contributed by atoms with Gasteiger partial charge in [0.05, 0.1) is 11.0 Å². The van der Waals surface area contributed by atoms with E-state index in [4.69, 9.17) is 5.73 Å². The molecular weight excluding hydrogens is 228 g/mol. The van der Waals surface area contributed by atoms with Gasteiger partial charge in [-0.15, -0.1) is 0 Å². The van der Waals surface area contributed by atoms with Gasteiger partial charge >= 0.3 is 0 Å². The number of fused-ring (bicyclic) bond motifs is 1. The Balaban J connectivity index is 2.59. The summed E-state index contributed by atoms with van der Waals surface area (Å²) in [5.41, 5.74) is 8.76. The molecule has 0 spiro atoms. The monoisotopic (exact) mass is 246 g/mol. The smallest absolute Gasteiger partial charge is 0.244 e. The molecule has 1 unspecified atom stereocenters. The molecule has 1 atom stereocenters. The number of nitrogens with zero attached hydrogens (tertiary/aromatic N) is 3. The number of likely N-dealkylation sites (N-methyl/N-ethyl adjacent to an activating group) is 1. The zero-order valence-electron chi connectivity index (χ0n) is 11.1. The van der Waals surface area contributed by atoms with E-state index in [1.807, 2.05) is 32.0 Å². The fourth-order valence-corrected chi connectivity index (χ4v) is 2.11. The van der Waals surface area contributed by atoms with Crippen LogP contribution in [0.2, 0.25) is 0 Å². The summed E-state index contributed by atoms with van der Waals surface area (Å²) in [5, 5.41) is 0. The number of nitrogens with two attached hydrogens (primary N) is 1. The fourth-order valence-electron chi connectivity index (χ4n) is 2.11. The molecule has 0 aliphatic rings.